The molecule has 1 atom stereocenters. The molecular formula is C18H18N2O3S. The van der Waals surface area contributed by atoms with Gasteiger partial charge < -0.3 is 19.8 Å². The lowest BCUT2D eigenvalue weighted by Gasteiger charge is -2.29. The fourth-order valence-electron chi connectivity index (χ4n) is 2.65. The molecule has 0 radical (unpaired) electrons. The number of aryl methyl sites for hydroxylation is 1. The number of carbonyl (C=O) groups excluding carboxylic acids is 1. The van der Waals surface area contributed by atoms with Gasteiger partial charge in [0.1, 0.15) is 17.6 Å². The van der Waals surface area contributed by atoms with Gasteiger partial charge in [-0.25, -0.2) is 4.79 Å². The molecule has 2 N–H and O–H groups in total. The Kier molecular flexibility index (Phi) is 4.66. The summed E-state index contributed by atoms with van der Waals surface area (Å²) in [7, 11) is 0. The zero-order chi connectivity index (χ0) is 17.1. The summed E-state index contributed by atoms with van der Waals surface area (Å²) in [6.45, 7) is 3.93. The maximum Gasteiger partial charge on any atom is 0.338 e. The number of benzene rings is 1. The van der Waals surface area contributed by atoms with Gasteiger partial charge in [-0.3, -0.25) is 0 Å². The van der Waals surface area contributed by atoms with Crippen molar-refractivity contribution in [2.45, 2.75) is 19.9 Å². The highest BCUT2D eigenvalue weighted by molar-refractivity contribution is 7.80. The molecule has 0 bridgehead atoms. The number of hydrogen-bond donors (Lipinski definition) is 2. The Morgan fingerprint density at radius 3 is 2.62 bits per heavy atom. The summed E-state index contributed by atoms with van der Waals surface area (Å²) in [5, 5.41) is 6.62. The number of carbonyl (C=O) groups is 1. The Bertz CT molecular complexity index is 796. The molecule has 1 aromatic carbocycles. The molecule has 2 heterocycles. The Hall–Kier alpha value is -2.60. The minimum absolute atomic E-state index is 0.290. The number of furan rings is 1. The molecule has 3 rings (SSSR count). The third-order valence-electron chi connectivity index (χ3n) is 3.68. The molecule has 0 amide bonds. The summed E-state index contributed by atoms with van der Waals surface area (Å²) in [6, 6.07) is 12.8. The molecule has 2 aromatic rings. The van der Waals surface area contributed by atoms with Crippen LogP contribution in [0.5, 0.6) is 0 Å². The number of rotatable bonds is 4. The lowest BCUT2D eigenvalue weighted by atomic mass is 9.96. The van der Waals surface area contributed by atoms with Crippen molar-refractivity contribution in [1.82, 2.24) is 10.6 Å². The van der Waals surface area contributed by atoms with Gasteiger partial charge in [0.25, 0.3) is 0 Å². The van der Waals surface area contributed by atoms with E-state index in [9.17, 15) is 4.79 Å². The second-order valence-electron chi connectivity index (χ2n) is 5.36. The number of thiocarbonyl (C=S) groups is 1. The Labute approximate surface area is 145 Å². The van der Waals surface area contributed by atoms with Gasteiger partial charge >= 0.3 is 5.97 Å². The molecule has 0 unspecified atom stereocenters. The Morgan fingerprint density at radius 2 is 2.00 bits per heavy atom. The zero-order valence-electron chi connectivity index (χ0n) is 13.5. The van der Waals surface area contributed by atoms with E-state index in [1.165, 1.54) is 0 Å². The van der Waals surface area contributed by atoms with Crippen LogP contribution < -0.4 is 10.6 Å². The number of ether oxygens (including phenoxy) is 1. The van der Waals surface area contributed by atoms with Gasteiger partial charge in [-0.15, -0.1) is 0 Å². The average Bonchev–Trinajstić information content (AvgIpc) is 3.01. The number of nitrogens with one attached hydrogen (secondary N) is 2. The molecule has 5 nitrogen and oxygen atoms in total. The molecular weight excluding hydrogens is 324 g/mol. The van der Waals surface area contributed by atoms with Crippen LogP contribution in [0.25, 0.3) is 5.70 Å². The van der Waals surface area contributed by atoms with E-state index in [4.69, 9.17) is 21.4 Å². The molecule has 1 aliphatic rings. The van der Waals surface area contributed by atoms with Gasteiger partial charge in [0.2, 0.25) is 0 Å². The highest BCUT2D eigenvalue weighted by Gasteiger charge is 2.34. The first-order valence-electron chi connectivity index (χ1n) is 7.70. The summed E-state index contributed by atoms with van der Waals surface area (Å²) < 4.78 is 11.0. The summed E-state index contributed by atoms with van der Waals surface area (Å²) >= 11 is 5.32. The first kappa shape index (κ1) is 16.3. The van der Waals surface area contributed by atoms with Crippen LogP contribution in [0.4, 0.5) is 0 Å². The van der Waals surface area contributed by atoms with E-state index < -0.39 is 12.0 Å². The zero-order valence-corrected chi connectivity index (χ0v) is 14.3. The van der Waals surface area contributed by atoms with Crippen LogP contribution in [0.15, 0.2) is 52.5 Å². The van der Waals surface area contributed by atoms with Crippen LogP contribution in [0, 0.1) is 6.92 Å². The molecule has 24 heavy (non-hydrogen) atoms. The van der Waals surface area contributed by atoms with Crippen LogP contribution in [-0.2, 0) is 9.53 Å². The van der Waals surface area contributed by atoms with E-state index in [2.05, 4.69) is 10.6 Å². The third-order valence-corrected chi connectivity index (χ3v) is 3.90. The topological polar surface area (TPSA) is 63.5 Å². The minimum Gasteiger partial charge on any atom is -0.464 e. The summed E-state index contributed by atoms with van der Waals surface area (Å²) in [5.74, 6) is 0.978. The molecule has 0 spiro atoms. The molecule has 0 fully saturated rings. The normalized spacial score (nSPS) is 17.2. The maximum absolute atomic E-state index is 12.6. The lowest BCUT2D eigenvalue weighted by molar-refractivity contribution is -0.138. The number of esters is 1. The summed E-state index contributed by atoms with van der Waals surface area (Å²) in [5.41, 5.74) is 1.94. The molecule has 1 aliphatic heterocycles. The molecule has 6 heteroatoms. The second-order valence-corrected chi connectivity index (χ2v) is 5.76. The molecule has 1 aromatic heterocycles. The molecule has 124 valence electrons. The van der Waals surface area contributed by atoms with Crippen LogP contribution in [0.3, 0.4) is 0 Å². The van der Waals surface area contributed by atoms with E-state index in [1.807, 2.05) is 49.4 Å². The predicted molar refractivity (Wildman–Crippen MR) is 95.1 cm³/mol. The third kappa shape index (κ3) is 3.19. The Morgan fingerprint density at radius 1 is 1.25 bits per heavy atom. The van der Waals surface area contributed by atoms with Crippen LogP contribution in [-0.4, -0.2) is 17.7 Å². The first-order valence-corrected chi connectivity index (χ1v) is 8.11. The van der Waals surface area contributed by atoms with Crippen molar-refractivity contribution in [3.8, 4) is 0 Å². The SMILES string of the molecule is CCOC(=O)C1=C(c2ccccc2)NC(=S)N[C@H]1c1ccc(C)o1. The highest BCUT2D eigenvalue weighted by Crippen LogP contribution is 2.32. The second kappa shape index (κ2) is 6.88. The first-order chi connectivity index (χ1) is 11.6. The largest absolute Gasteiger partial charge is 0.464 e. The van der Waals surface area contributed by atoms with Crippen molar-refractivity contribution in [3.05, 3.63) is 65.1 Å². The fourth-order valence-corrected chi connectivity index (χ4v) is 2.87. The smallest absolute Gasteiger partial charge is 0.338 e. The van der Waals surface area contributed by atoms with E-state index in [0.29, 0.717) is 28.7 Å². The van der Waals surface area contributed by atoms with Gasteiger partial charge in [0.05, 0.1) is 17.9 Å². The van der Waals surface area contributed by atoms with Crippen molar-refractivity contribution >= 4 is 29.0 Å². The van der Waals surface area contributed by atoms with E-state index in [0.717, 1.165) is 11.3 Å². The predicted octanol–water partition coefficient (Wildman–Crippen LogP) is 3.08. The van der Waals surface area contributed by atoms with Crippen LogP contribution in [0.1, 0.15) is 30.0 Å². The quantitative estimate of drug-likeness (QED) is 0.658. The lowest BCUT2D eigenvalue weighted by Crippen LogP contribution is -2.45. The van der Waals surface area contributed by atoms with Gasteiger partial charge in [-0.2, -0.15) is 0 Å². The maximum atomic E-state index is 12.6. The standard InChI is InChI=1S/C18H18N2O3S/c1-3-22-17(21)14-15(12-7-5-4-6-8-12)19-18(24)20-16(14)13-10-9-11(2)23-13/h4-10,16H,3H2,1-2H3,(H2,19,20,24)/t16-/m0/s1. The van der Waals surface area contributed by atoms with Crippen molar-refractivity contribution in [2.24, 2.45) is 0 Å². The fraction of sp³-hybridized carbons (Fsp3) is 0.222. The average molecular weight is 342 g/mol. The van der Waals surface area contributed by atoms with E-state index in [-0.39, 0.29) is 0 Å². The van der Waals surface area contributed by atoms with Crippen molar-refractivity contribution in [1.29, 1.82) is 0 Å². The van der Waals surface area contributed by atoms with Gasteiger partial charge in [0, 0.05) is 0 Å². The van der Waals surface area contributed by atoms with Crippen molar-refractivity contribution in [3.63, 3.8) is 0 Å². The monoisotopic (exact) mass is 342 g/mol. The van der Waals surface area contributed by atoms with Gasteiger partial charge in [-0.05, 0) is 43.8 Å². The van der Waals surface area contributed by atoms with Crippen LogP contribution in [0.2, 0.25) is 0 Å². The minimum atomic E-state index is -0.498. The van der Waals surface area contributed by atoms with Crippen molar-refractivity contribution < 1.29 is 13.9 Å². The van der Waals surface area contributed by atoms with Crippen LogP contribution >= 0.6 is 12.2 Å². The van der Waals surface area contributed by atoms with Crippen molar-refractivity contribution in [2.75, 3.05) is 6.61 Å². The molecule has 0 saturated carbocycles. The summed E-state index contributed by atoms with van der Waals surface area (Å²) in [4.78, 5) is 12.6. The van der Waals surface area contributed by atoms with E-state index >= 15 is 0 Å². The van der Waals surface area contributed by atoms with E-state index in [1.54, 1.807) is 6.92 Å². The molecule has 0 aliphatic carbocycles. The van der Waals surface area contributed by atoms with Gasteiger partial charge in [-0.1, -0.05) is 30.3 Å². The highest BCUT2D eigenvalue weighted by atomic mass is 32.1. The Balaban J connectivity index is 2.16. The number of hydrogen-bond acceptors (Lipinski definition) is 4. The van der Waals surface area contributed by atoms with Gasteiger partial charge in [0.15, 0.2) is 5.11 Å². The molecule has 0 saturated heterocycles. The summed E-state index contributed by atoms with van der Waals surface area (Å²) in [6.07, 6.45) is 0.